The molecule has 2 N–H and O–H groups in total. The Kier molecular flexibility index (Phi) is 6.03. The fourth-order valence-corrected chi connectivity index (χ4v) is 6.49. The number of benzene rings is 1. The first-order chi connectivity index (χ1) is 16.6. The van der Waals surface area contributed by atoms with Crippen molar-refractivity contribution in [2.75, 3.05) is 13.1 Å². The highest BCUT2D eigenvalue weighted by Gasteiger charge is 2.48. The van der Waals surface area contributed by atoms with Crippen LogP contribution in [0.3, 0.4) is 0 Å². The van der Waals surface area contributed by atoms with Gasteiger partial charge in [-0.1, -0.05) is 19.3 Å². The van der Waals surface area contributed by atoms with Crippen LogP contribution in [0.15, 0.2) is 34.8 Å². The van der Waals surface area contributed by atoms with Gasteiger partial charge in [-0.2, -0.15) is 17.5 Å². The number of nitrogens with one attached hydrogen (secondary N) is 2. The van der Waals surface area contributed by atoms with Crippen LogP contribution >= 0.6 is 0 Å². The van der Waals surface area contributed by atoms with Gasteiger partial charge in [0.25, 0.3) is 5.91 Å². The highest BCUT2D eigenvalue weighted by molar-refractivity contribution is 7.92. The molecule has 0 unspecified atom stereocenters. The number of sulfonamides is 1. The quantitative estimate of drug-likeness (QED) is 0.640. The predicted octanol–water partition coefficient (Wildman–Crippen LogP) is 4.43. The lowest BCUT2D eigenvalue weighted by Crippen LogP contribution is -2.50. The summed E-state index contributed by atoms with van der Waals surface area (Å²) in [6.45, 7) is 0.148. The largest absolute Gasteiger partial charge is 0.417 e. The molecule has 7 nitrogen and oxygen atoms in total. The molecule has 1 aliphatic carbocycles. The molecule has 1 saturated carbocycles. The van der Waals surface area contributed by atoms with Crippen molar-refractivity contribution in [2.45, 2.75) is 56.7 Å². The molecule has 11 heteroatoms. The van der Waals surface area contributed by atoms with Crippen molar-refractivity contribution in [3.63, 3.8) is 0 Å². The molecule has 35 heavy (non-hydrogen) atoms. The number of amidine groups is 1. The maximum absolute atomic E-state index is 13.6. The third kappa shape index (κ3) is 4.63. The number of aliphatic imine (C=N–C) groups is 1. The topological polar surface area (TPSA) is 94.6 Å². The van der Waals surface area contributed by atoms with Crippen LogP contribution in [-0.4, -0.2) is 48.1 Å². The van der Waals surface area contributed by atoms with E-state index in [0.717, 1.165) is 49.1 Å². The summed E-state index contributed by atoms with van der Waals surface area (Å²) in [7, 11) is -3.98. The molecule has 188 valence electrons. The lowest BCUT2D eigenvalue weighted by molar-refractivity contribution is -0.137. The Bertz CT molecular complexity index is 1300. The lowest BCUT2D eigenvalue weighted by atomic mass is 9.88. The van der Waals surface area contributed by atoms with Gasteiger partial charge in [0.05, 0.1) is 5.56 Å². The highest BCUT2D eigenvalue weighted by atomic mass is 32.2. The van der Waals surface area contributed by atoms with Gasteiger partial charge in [0.15, 0.2) is 0 Å². The molecule has 2 aromatic rings. The van der Waals surface area contributed by atoms with Gasteiger partial charge in [-0.05, 0) is 60.9 Å². The third-order valence-electron chi connectivity index (χ3n) is 7.35. The van der Waals surface area contributed by atoms with Crippen LogP contribution in [0.25, 0.3) is 17.0 Å². The number of amides is 1. The number of alkyl halides is 3. The number of nitrogens with zero attached hydrogens (tertiary/aromatic N) is 2. The molecule has 0 bridgehead atoms. The van der Waals surface area contributed by atoms with Gasteiger partial charge in [-0.15, -0.1) is 0 Å². The average molecular weight is 509 g/mol. The van der Waals surface area contributed by atoms with E-state index in [4.69, 9.17) is 4.99 Å². The first-order valence-corrected chi connectivity index (χ1v) is 13.4. The molecule has 0 atom stereocenters. The molecule has 1 spiro atoms. The zero-order chi connectivity index (χ0) is 24.8. The van der Waals surface area contributed by atoms with Gasteiger partial charge >= 0.3 is 6.18 Å². The number of piperidine rings is 1. The van der Waals surface area contributed by atoms with Crippen molar-refractivity contribution in [3.05, 3.63) is 40.9 Å². The SMILES string of the molecule is O=C1NC(C2CCCCC2)=NC12CCN(S(=O)(=O)/C=C/c1cc3cc[nH]c3cc1C(F)(F)F)CC2. The van der Waals surface area contributed by atoms with Gasteiger partial charge in [0, 0.05) is 36.1 Å². The van der Waals surface area contributed by atoms with Crippen LogP contribution in [0.5, 0.6) is 0 Å². The Morgan fingerprint density at radius 3 is 2.51 bits per heavy atom. The zero-order valence-electron chi connectivity index (χ0n) is 19.1. The van der Waals surface area contributed by atoms with Crippen molar-refractivity contribution in [1.29, 1.82) is 0 Å². The van der Waals surface area contributed by atoms with Crippen LogP contribution in [0.4, 0.5) is 13.2 Å². The molecule has 3 aliphatic rings. The monoisotopic (exact) mass is 508 g/mol. The van der Waals surface area contributed by atoms with E-state index in [-0.39, 0.29) is 43.3 Å². The zero-order valence-corrected chi connectivity index (χ0v) is 19.9. The van der Waals surface area contributed by atoms with Gasteiger partial charge in [-0.25, -0.2) is 8.42 Å². The molecule has 1 amide bonds. The normalized spacial score (nSPS) is 22.3. The van der Waals surface area contributed by atoms with Gasteiger partial charge in [0.2, 0.25) is 10.0 Å². The third-order valence-corrected chi connectivity index (χ3v) is 8.91. The summed E-state index contributed by atoms with van der Waals surface area (Å²) in [5.41, 5.74) is -1.77. The fraction of sp³-hybridized carbons (Fsp3) is 0.500. The number of fused-ring (bicyclic) bond motifs is 1. The fourth-order valence-electron chi connectivity index (χ4n) is 5.31. The van der Waals surface area contributed by atoms with E-state index in [2.05, 4.69) is 10.3 Å². The Hall–Kier alpha value is -2.66. The number of H-pyrrole nitrogens is 1. The minimum atomic E-state index is -4.63. The van der Waals surface area contributed by atoms with Gasteiger partial charge < -0.3 is 10.3 Å². The summed E-state index contributed by atoms with van der Waals surface area (Å²) < 4.78 is 67.8. The minimum absolute atomic E-state index is 0.0739. The number of aromatic nitrogens is 1. The Morgan fingerprint density at radius 2 is 1.83 bits per heavy atom. The minimum Gasteiger partial charge on any atom is -0.361 e. The number of carbonyl (C=O) groups is 1. The summed E-state index contributed by atoms with van der Waals surface area (Å²) >= 11 is 0. The first kappa shape index (κ1) is 24.1. The summed E-state index contributed by atoms with van der Waals surface area (Å²) in [6.07, 6.45) is 3.77. The van der Waals surface area contributed by atoms with Crippen molar-refractivity contribution < 1.29 is 26.4 Å². The number of carbonyl (C=O) groups excluding carboxylic acids is 1. The van der Waals surface area contributed by atoms with E-state index in [9.17, 15) is 26.4 Å². The number of halogens is 3. The molecular weight excluding hydrogens is 481 g/mol. The van der Waals surface area contributed by atoms with E-state index in [1.165, 1.54) is 23.0 Å². The molecule has 2 aliphatic heterocycles. The molecular formula is C24H27F3N4O3S. The van der Waals surface area contributed by atoms with Crippen molar-refractivity contribution >= 4 is 38.7 Å². The standard InChI is InChI=1S/C24H27F3N4O3S/c25-24(26,27)19-15-20-18(6-10-28-20)14-17(19)7-13-35(33,34)31-11-8-23(9-12-31)22(32)29-21(30-23)16-4-2-1-3-5-16/h6-7,10,13-16,28H,1-5,8-9,11-12H2,(H,29,30,32)/b13-7+. The smallest absolute Gasteiger partial charge is 0.361 e. The molecule has 0 radical (unpaired) electrons. The van der Waals surface area contributed by atoms with Crippen LogP contribution in [0.1, 0.15) is 56.1 Å². The van der Waals surface area contributed by atoms with Crippen molar-refractivity contribution in [2.24, 2.45) is 10.9 Å². The highest BCUT2D eigenvalue weighted by Crippen LogP contribution is 2.37. The van der Waals surface area contributed by atoms with Crippen LogP contribution < -0.4 is 5.32 Å². The average Bonchev–Trinajstić information content (AvgIpc) is 3.41. The van der Waals surface area contributed by atoms with E-state index in [0.29, 0.717) is 10.9 Å². The van der Waals surface area contributed by atoms with Crippen molar-refractivity contribution in [1.82, 2.24) is 14.6 Å². The predicted molar refractivity (Wildman–Crippen MR) is 127 cm³/mol. The van der Waals surface area contributed by atoms with Crippen LogP contribution in [-0.2, 0) is 21.0 Å². The summed E-state index contributed by atoms with van der Waals surface area (Å²) in [4.78, 5) is 20.3. The second-order valence-electron chi connectivity index (χ2n) is 9.57. The second kappa shape index (κ2) is 8.77. The second-order valence-corrected chi connectivity index (χ2v) is 11.4. The first-order valence-electron chi connectivity index (χ1n) is 11.9. The molecule has 3 heterocycles. The molecule has 1 aromatic heterocycles. The summed E-state index contributed by atoms with van der Waals surface area (Å²) in [5, 5.41) is 4.31. The lowest BCUT2D eigenvalue weighted by Gasteiger charge is -2.34. The van der Waals surface area contributed by atoms with Crippen LogP contribution in [0.2, 0.25) is 0 Å². The van der Waals surface area contributed by atoms with E-state index in [1.54, 1.807) is 6.07 Å². The van der Waals surface area contributed by atoms with Gasteiger partial charge in [0.1, 0.15) is 11.4 Å². The van der Waals surface area contributed by atoms with E-state index >= 15 is 0 Å². The Balaban J connectivity index is 1.32. The number of hydrogen-bond donors (Lipinski definition) is 2. The Morgan fingerprint density at radius 1 is 1.11 bits per heavy atom. The summed E-state index contributed by atoms with van der Waals surface area (Å²) in [6, 6.07) is 3.92. The van der Waals surface area contributed by atoms with Crippen LogP contribution in [0, 0.1) is 5.92 Å². The maximum atomic E-state index is 13.6. The molecule has 1 saturated heterocycles. The molecule has 2 fully saturated rings. The number of aromatic amines is 1. The molecule has 1 aromatic carbocycles. The number of hydrogen-bond acceptors (Lipinski definition) is 4. The Labute approximate surface area is 201 Å². The van der Waals surface area contributed by atoms with E-state index in [1.807, 2.05) is 0 Å². The number of rotatable bonds is 4. The maximum Gasteiger partial charge on any atom is 0.417 e. The van der Waals surface area contributed by atoms with Crippen molar-refractivity contribution in [3.8, 4) is 0 Å². The summed E-state index contributed by atoms with van der Waals surface area (Å²) in [5.74, 6) is 0.794. The van der Waals surface area contributed by atoms with E-state index < -0.39 is 27.3 Å². The molecule has 5 rings (SSSR count). The van der Waals surface area contributed by atoms with Gasteiger partial charge in [-0.3, -0.25) is 9.79 Å².